The molecule has 0 heterocycles. The molecule has 0 bridgehead atoms. The van der Waals surface area contributed by atoms with Crippen LogP contribution in [0.4, 0.5) is 0 Å². The maximum atomic E-state index is 11.3. The first-order chi connectivity index (χ1) is 16.7. The topological polar surface area (TPSA) is 103 Å². The zero-order chi connectivity index (χ0) is 25.0. The molecular formula is C26H51NO7. The smallest absolute Gasteiger partial charge is 0.303 e. The summed E-state index contributed by atoms with van der Waals surface area (Å²) in [5.74, 6) is -1.21. The number of carboxylic acids is 1. The van der Waals surface area contributed by atoms with Gasteiger partial charge in [-0.1, -0.05) is 71.1 Å². The number of nitrogens with one attached hydrogen (secondary N) is 1. The summed E-state index contributed by atoms with van der Waals surface area (Å²) in [6.45, 7) is 7.39. The van der Waals surface area contributed by atoms with Crippen LogP contribution in [0.3, 0.4) is 0 Å². The quantitative estimate of drug-likeness (QED) is 0.153. The molecule has 8 heteroatoms. The maximum absolute atomic E-state index is 11.3. The molecule has 1 amide bonds. The van der Waals surface area contributed by atoms with Crippen LogP contribution >= 0.6 is 0 Å². The minimum atomic E-state index is -0.966. The van der Waals surface area contributed by atoms with Crippen LogP contribution in [-0.4, -0.2) is 76.4 Å². The number of hydrogen-bond donors (Lipinski definition) is 2. The second kappa shape index (κ2) is 28.0. The van der Waals surface area contributed by atoms with Crippen LogP contribution in [0.25, 0.3) is 0 Å². The summed E-state index contributed by atoms with van der Waals surface area (Å²) in [4.78, 5) is 21.7. The highest BCUT2D eigenvalue weighted by Gasteiger charge is 2.04. The molecule has 34 heavy (non-hydrogen) atoms. The summed E-state index contributed by atoms with van der Waals surface area (Å²) in [5.41, 5.74) is 0. The molecule has 2 N–H and O–H groups in total. The predicted molar refractivity (Wildman–Crippen MR) is 134 cm³/mol. The predicted octanol–water partition coefficient (Wildman–Crippen LogP) is 4.73. The van der Waals surface area contributed by atoms with Crippen LogP contribution < -0.4 is 5.32 Å². The Labute approximate surface area is 207 Å². The van der Waals surface area contributed by atoms with Crippen molar-refractivity contribution in [2.75, 3.05) is 59.4 Å². The Bertz CT molecular complexity index is 449. The molecule has 0 aromatic heterocycles. The summed E-state index contributed by atoms with van der Waals surface area (Å²) in [6, 6.07) is 0. The molecule has 0 rings (SSSR count). The van der Waals surface area contributed by atoms with Crippen LogP contribution in [0, 0.1) is 0 Å². The van der Waals surface area contributed by atoms with Gasteiger partial charge in [0.25, 0.3) is 0 Å². The van der Waals surface area contributed by atoms with Gasteiger partial charge in [0.05, 0.1) is 46.1 Å². The van der Waals surface area contributed by atoms with E-state index in [1.165, 1.54) is 64.2 Å². The summed E-state index contributed by atoms with van der Waals surface area (Å²) >= 11 is 0. The molecular weight excluding hydrogens is 438 g/mol. The van der Waals surface area contributed by atoms with E-state index in [1.54, 1.807) is 0 Å². The Kier molecular flexibility index (Phi) is 27.0. The summed E-state index contributed by atoms with van der Waals surface area (Å²) in [6.07, 6.45) is 15.3. The highest BCUT2D eigenvalue weighted by Crippen LogP contribution is 2.11. The molecule has 0 aliphatic carbocycles. The Hall–Kier alpha value is -1.22. The molecule has 0 radical (unpaired) electrons. The number of aliphatic carboxylic acids is 1. The van der Waals surface area contributed by atoms with Crippen molar-refractivity contribution in [2.45, 2.75) is 96.8 Å². The van der Waals surface area contributed by atoms with E-state index >= 15 is 0 Å². The van der Waals surface area contributed by atoms with Crippen molar-refractivity contribution in [3.05, 3.63) is 0 Å². The van der Waals surface area contributed by atoms with E-state index in [0.717, 1.165) is 13.0 Å². The zero-order valence-electron chi connectivity index (χ0n) is 21.7. The van der Waals surface area contributed by atoms with Crippen molar-refractivity contribution in [1.82, 2.24) is 5.32 Å². The fourth-order valence-electron chi connectivity index (χ4n) is 3.34. The van der Waals surface area contributed by atoms with Gasteiger partial charge in [-0.05, 0) is 12.8 Å². The molecule has 0 aromatic carbocycles. The van der Waals surface area contributed by atoms with Gasteiger partial charge in [-0.25, -0.2) is 0 Å². The number of rotatable bonds is 28. The van der Waals surface area contributed by atoms with Crippen molar-refractivity contribution in [3.8, 4) is 0 Å². The van der Waals surface area contributed by atoms with Gasteiger partial charge in [-0.15, -0.1) is 0 Å². The van der Waals surface area contributed by atoms with E-state index in [-0.39, 0.29) is 18.7 Å². The van der Waals surface area contributed by atoms with Crippen molar-refractivity contribution in [3.63, 3.8) is 0 Å². The number of carboxylic acid groups (broad SMARTS) is 1. The second-order valence-electron chi connectivity index (χ2n) is 8.58. The Morgan fingerprint density at radius 3 is 1.44 bits per heavy atom. The Balaban J connectivity index is 3.08. The van der Waals surface area contributed by atoms with Crippen molar-refractivity contribution < 1.29 is 33.6 Å². The summed E-state index contributed by atoms with van der Waals surface area (Å²) in [7, 11) is 0. The number of carbonyl (C=O) groups is 2. The lowest BCUT2D eigenvalue weighted by atomic mass is 10.1. The van der Waals surface area contributed by atoms with Crippen LogP contribution in [0.15, 0.2) is 0 Å². The number of ether oxygens (including phenoxy) is 4. The SMILES string of the molecule is CCCCCCCCCCCCCOCCOCCOCCOCCCNC(=O)CCC(=O)O. The molecule has 0 aromatic rings. The standard InChI is InChI=1S/C26H51NO7/c1-2-3-4-5-6-7-8-9-10-11-12-17-31-19-21-33-23-24-34-22-20-32-18-13-16-27-25(28)14-15-26(29)30/h2-24H2,1H3,(H,27,28)(H,29,30). The third kappa shape index (κ3) is 28.8. The normalized spacial score (nSPS) is 11.1. The van der Waals surface area contributed by atoms with E-state index in [2.05, 4.69) is 12.2 Å². The van der Waals surface area contributed by atoms with E-state index < -0.39 is 5.97 Å². The average molecular weight is 490 g/mol. The van der Waals surface area contributed by atoms with Crippen LogP contribution in [0.5, 0.6) is 0 Å². The average Bonchev–Trinajstić information content (AvgIpc) is 2.82. The fourth-order valence-corrected chi connectivity index (χ4v) is 3.34. The minimum absolute atomic E-state index is 0.0115. The number of unbranched alkanes of at least 4 members (excludes halogenated alkanes) is 10. The molecule has 202 valence electrons. The van der Waals surface area contributed by atoms with Crippen molar-refractivity contribution in [2.24, 2.45) is 0 Å². The minimum Gasteiger partial charge on any atom is -0.481 e. The summed E-state index contributed by atoms with van der Waals surface area (Å²) < 4.78 is 22.0. The highest BCUT2D eigenvalue weighted by atomic mass is 16.6. The van der Waals surface area contributed by atoms with E-state index in [9.17, 15) is 9.59 Å². The van der Waals surface area contributed by atoms with Crippen molar-refractivity contribution >= 4 is 11.9 Å². The van der Waals surface area contributed by atoms with Crippen molar-refractivity contribution in [1.29, 1.82) is 0 Å². The van der Waals surface area contributed by atoms with E-state index in [1.807, 2.05) is 0 Å². The first-order valence-corrected chi connectivity index (χ1v) is 13.5. The third-order valence-electron chi connectivity index (χ3n) is 5.36. The monoisotopic (exact) mass is 489 g/mol. The third-order valence-corrected chi connectivity index (χ3v) is 5.36. The van der Waals surface area contributed by atoms with Crippen LogP contribution in [-0.2, 0) is 28.5 Å². The molecule has 0 fully saturated rings. The molecule has 0 atom stereocenters. The molecule has 0 unspecified atom stereocenters. The van der Waals surface area contributed by atoms with Gasteiger partial charge in [0.2, 0.25) is 5.91 Å². The lowest BCUT2D eigenvalue weighted by molar-refractivity contribution is -0.138. The fraction of sp³-hybridized carbons (Fsp3) is 0.923. The first kappa shape index (κ1) is 32.8. The summed E-state index contributed by atoms with van der Waals surface area (Å²) in [5, 5.41) is 11.2. The number of hydrogen-bond acceptors (Lipinski definition) is 6. The Morgan fingerprint density at radius 1 is 0.559 bits per heavy atom. The van der Waals surface area contributed by atoms with Crippen LogP contribution in [0.2, 0.25) is 0 Å². The van der Waals surface area contributed by atoms with Gasteiger partial charge >= 0.3 is 5.97 Å². The molecule has 0 saturated carbocycles. The number of amides is 1. The van der Waals surface area contributed by atoms with Gasteiger partial charge < -0.3 is 29.4 Å². The van der Waals surface area contributed by atoms with Gasteiger partial charge in [0.15, 0.2) is 0 Å². The van der Waals surface area contributed by atoms with Gasteiger partial charge in [-0.3, -0.25) is 9.59 Å². The van der Waals surface area contributed by atoms with Gasteiger partial charge in [0, 0.05) is 26.2 Å². The van der Waals surface area contributed by atoms with E-state index in [4.69, 9.17) is 24.1 Å². The van der Waals surface area contributed by atoms with E-state index in [0.29, 0.717) is 59.2 Å². The first-order valence-electron chi connectivity index (χ1n) is 13.5. The lowest BCUT2D eigenvalue weighted by Crippen LogP contribution is -2.25. The number of carbonyl (C=O) groups excluding carboxylic acids is 1. The molecule has 8 nitrogen and oxygen atoms in total. The second-order valence-corrected chi connectivity index (χ2v) is 8.58. The largest absolute Gasteiger partial charge is 0.481 e. The molecule has 0 aliphatic heterocycles. The Morgan fingerprint density at radius 2 is 0.971 bits per heavy atom. The van der Waals surface area contributed by atoms with Gasteiger partial charge in [-0.2, -0.15) is 0 Å². The molecule has 0 aliphatic rings. The molecule has 0 spiro atoms. The molecule has 0 saturated heterocycles. The highest BCUT2D eigenvalue weighted by molar-refractivity contribution is 5.80. The van der Waals surface area contributed by atoms with Gasteiger partial charge in [0.1, 0.15) is 0 Å². The lowest BCUT2D eigenvalue weighted by Gasteiger charge is -2.08. The van der Waals surface area contributed by atoms with Crippen LogP contribution in [0.1, 0.15) is 96.8 Å². The zero-order valence-corrected chi connectivity index (χ0v) is 21.7. The maximum Gasteiger partial charge on any atom is 0.303 e.